The molecule has 1 aromatic carbocycles. The van der Waals surface area contributed by atoms with Gasteiger partial charge in [-0.3, -0.25) is 0 Å². The molecule has 0 fully saturated rings. The predicted molar refractivity (Wildman–Crippen MR) is 59.9 cm³/mol. The Bertz CT molecular complexity index is 414. The molecule has 1 aliphatic rings. The van der Waals surface area contributed by atoms with Crippen LogP contribution in [0.25, 0.3) is 0 Å². The number of rotatable bonds is 2. The summed E-state index contributed by atoms with van der Waals surface area (Å²) in [5, 5.41) is 0. The van der Waals surface area contributed by atoms with E-state index in [4.69, 9.17) is 10.5 Å². The fourth-order valence-corrected chi connectivity index (χ4v) is 1.75. The van der Waals surface area contributed by atoms with Gasteiger partial charge in [0.05, 0.1) is 13.2 Å². The SMILES string of the molecule is CC#CCC(N)c1ccc2c(c1)COC2. The largest absolute Gasteiger partial charge is 0.372 e. The minimum atomic E-state index is 0.0170. The topological polar surface area (TPSA) is 35.2 Å². The van der Waals surface area contributed by atoms with Gasteiger partial charge in [0.25, 0.3) is 0 Å². The van der Waals surface area contributed by atoms with Crippen LogP contribution in [0.2, 0.25) is 0 Å². The maximum Gasteiger partial charge on any atom is 0.0725 e. The molecular weight excluding hydrogens is 186 g/mol. The predicted octanol–water partition coefficient (Wildman–Crippen LogP) is 2.13. The Morgan fingerprint density at radius 1 is 1.40 bits per heavy atom. The Kier molecular flexibility index (Phi) is 3.05. The zero-order valence-corrected chi connectivity index (χ0v) is 8.92. The van der Waals surface area contributed by atoms with Gasteiger partial charge in [-0.2, -0.15) is 0 Å². The van der Waals surface area contributed by atoms with Crippen LogP contribution in [0.15, 0.2) is 18.2 Å². The number of ether oxygens (including phenoxy) is 1. The Morgan fingerprint density at radius 2 is 2.20 bits per heavy atom. The van der Waals surface area contributed by atoms with Crippen LogP contribution in [0.1, 0.15) is 36.1 Å². The summed E-state index contributed by atoms with van der Waals surface area (Å²) in [4.78, 5) is 0. The maximum absolute atomic E-state index is 6.03. The lowest BCUT2D eigenvalue weighted by Crippen LogP contribution is -2.09. The fourth-order valence-electron chi connectivity index (χ4n) is 1.75. The van der Waals surface area contributed by atoms with Gasteiger partial charge in [0.1, 0.15) is 0 Å². The molecule has 0 saturated heterocycles. The summed E-state index contributed by atoms with van der Waals surface area (Å²) in [5.41, 5.74) is 9.74. The molecule has 1 unspecified atom stereocenters. The van der Waals surface area contributed by atoms with Gasteiger partial charge in [-0.15, -0.1) is 11.8 Å². The number of hydrogen-bond acceptors (Lipinski definition) is 2. The molecule has 1 aromatic rings. The van der Waals surface area contributed by atoms with E-state index in [0.29, 0.717) is 0 Å². The van der Waals surface area contributed by atoms with Crippen LogP contribution in [0.4, 0.5) is 0 Å². The second-order valence-corrected chi connectivity index (χ2v) is 3.76. The van der Waals surface area contributed by atoms with Crippen molar-refractivity contribution < 1.29 is 4.74 Å². The van der Waals surface area contributed by atoms with Gasteiger partial charge in [-0.25, -0.2) is 0 Å². The molecule has 1 aliphatic heterocycles. The summed E-state index contributed by atoms with van der Waals surface area (Å²) in [6.07, 6.45) is 0.718. The van der Waals surface area contributed by atoms with Crippen molar-refractivity contribution >= 4 is 0 Å². The van der Waals surface area contributed by atoms with Crippen molar-refractivity contribution in [2.75, 3.05) is 0 Å². The molecule has 2 N–H and O–H groups in total. The van der Waals surface area contributed by atoms with E-state index >= 15 is 0 Å². The standard InChI is InChI=1S/C13H15NO/c1-2-3-4-13(14)10-5-6-11-8-15-9-12(11)7-10/h5-7,13H,4,8-9,14H2,1H3. The van der Waals surface area contributed by atoms with E-state index in [1.807, 2.05) is 6.92 Å². The molecule has 0 amide bonds. The van der Waals surface area contributed by atoms with Crippen LogP contribution < -0.4 is 5.73 Å². The number of nitrogens with two attached hydrogens (primary N) is 1. The van der Waals surface area contributed by atoms with Gasteiger partial charge >= 0.3 is 0 Å². The highest BCUT2D eigenvalue weighted by Crippen LogP contribution is 2.24. The van der Waals surface area contributed by atoms with Crippen molar-refractivity contribution in [1.29, 1.82) is 0 Å². The lowest BCUT2D eigenvalue weighted by Gasteiger charge is -2.09. The number of hydrogen-bond donors (Lipinski definition) is 1. The summed E-state index contributed by atoms with van der Waals surface area (Å²) in [7, 11) is 0. The molecule has 1 atom stereocenters. The molecule has 2 nitrogen and oxygen atoms in total. The van der Waals surface area contributed by atoms with Crippen molar-refractivity contribution in [3.63, 3.8) is 0 Å². The van der Waals surface area contributed by atoms with Gasteiger partial charge in [-0.05, 0) is 23.6 Å². The summed E-state index contributed by atoms with van der Waals surface area (Å²) < 4.78 is 5.36. The summed E-state index contributed by atoms with van der Waals surface area (Å²) in [6, 6.07) is 6.35. The minimum absolute atomic E-state index is 0.0170. The van der Waals surface area contributed by atoms with Crippen molar-refractivity contribution in [2.45, 2.75) is 32.6 Å². The van der Waals surface area contributed by atoms with Crippen LogP contribution in [0.3, 0.4) is 0 Å². The normalized spacial score (nSPS) is 15.3. The van der Waals surface area contributed by atoms with Gasteiger partial charge < -0.3 is 10.5 Å². The van der Waals surface area contributed by atoms with Crippen LogP contribution in [-0.4, -0.2) is 0 Å². The van der Waals surface area contributed by atoms with Crippen LogP contribution in [-0.2, 0) is 18.0 Å². The lowest BCUT2D eigenvalue weighted by atomic mass is 10.00. The first-order valence-electron chi connectivity index (χ1n) is 5.16. The minimum Gasteiger partial charge on any atom is -0.372 e. The van der Waals surface area contributed by atoms with Gasteiger partial charge in [-0.1, -0.05) is 18.2 Å². The molecule has 0 radical (unpaired) electrons. The Labute approximate surface area is 90.4 Å². The highest BCUT2D eigenvalue weighted by Gasteiger charge is 2.13. The van der Waals surface area contributed by atoms with Gasteiger partial charge in [0.2, 0.25) is 0 Å². The van der Waals surface area contributed by atoms with Gasteiger partial charge in [0, 0.05) is 12.5 Å². The Balaban J connectivity index is 2.17. The molecular formula is C13H15NO. The molecule has 0 bridgehead atoms. The lowest BCUT2D eigenvalue weighted by molar-refractivity contribution is 0.134. The van der Waals surface area contributed by atoms with Crippen molar-refractivity contribution in [2.24, 2.45) is 5.73 Å². The molecule has 2 rings (SSSR count). The average molecular weight is 201 g/mol. The van der Waals surface area contributed by atoms with Crippen LogP contribution >= 0.6 is 0 Å². The van der Waals surface area contributed by atoms with E-state index in [9.17, 15) is 0 Å². The average Bonchev–Trinajstić information content (AvgIpc) is 2.72. The highest BCUT2D eigenvalue weighted by atomic mass is 16.5. The Hall–Kier alpha value is -1.30. The second kappa shape index (κ2) is 4.48. The molecule has 0 aliphatic carbocycles. The van der Waals surface area contributed by atoms with Crippen molar-refractivity contribution in [3.05, 3.63) is 34.9 Å². The first kappa shape index (κ1) is 10.2. The first-order chi connectivity index (χ1) is 7.31. The second-order valence-electron chi connectivity index (χ2n) is 3.76. The fraction of sp³-hybridized carbons (Fsp3) is 0.385. The number of benzene rings is 1. The molecule has 1 heterocycles. The van der Waals surface area contributed by atoms with E-state index in [1.165, 1.54) is 11.1 Å². The summed E-state index contributed by atoms with van der Waals surface area (Å²) >= 11 is 0. The van der Waals surface area contributed by atoms with Gasteiger partial charge in [0.15, 0.2) is 0 Å². The highest BCUT2D eigenvalue weighted by molar-refractivity contribution is 5.34. The maximum atomic E-state index is 6.03. The third-order valence-electron chi connectivity index (χ3n) is 2.67. The summed E-state index contributed by atoms with van der Waals surface area (Å²) in [6.45, 7) is 3.29. The van der Waals surface area contributed by atoms with Crippen LogP contribution in [0.5, 0.6) is 0 Å². The smallest absolute Gasteiger partial charge is 0.0725 e. The van der Waals surface area contributed by atoms with Crippen molar-refractivity contribution in [3.8, 4) is 11.8 Å². The van der Waals surface area contributed by atoms with E-state index in [-0.39, 0.29) is 6.04 Å². The molecule has 0 saturated carbocycles. The Morgan fingerprint density at radius 3 is 3.00 bits per heavy atom. The van der Waals surface area contributed by atoms with E-state index < -0.39 is 0 Å². The molecule has 0 spiro atoms. The van der Waals surface area contributed by atoms with Crippen LogP contribution in [0, 0.1) is 11.8 Å². The summed E-state index contributed by atoms with van der Waals surface area (Å²) in [5.74, 6) is 5.87. The zero-order valence-electron chi connectivity index (χ0n) is 8.92. The van der Waals surface area contributed by atoms with E-state index in [2.05, 4.69) is 30.0 Å². The monoisotopic (exact) mass is 201 g/mol. The quantitative estimate of drug-likeness (QED) is 0.744. The molecule has 15 heavy (non-hydrogen) atoms. The molecule has 2 heteroatoms. The third-order valence-corrected chi connectivity index (χ3v) is 2.67. The third kappa shape index (κ3) is 2.20. The molecule has 78 valence electrons. The number of fused-ring (bicyclic) bond motifs is 1. The van der Waals surface area contributed by atoms with Crippen molar-refractivity contribution in [1.82, 2.24) is 0 Å². The zero-order chi connectivity index (χ0) is 10.7. The van der Waals surface area contributed by atoms with E-state index in [0.717, 1.165) is 25.2 Å². The first-order valence-corrected chi connectivity index (χ1v) is 5.16. The molecule has 0 aromatic heterocycles. The van der Waals surface area contributed by atoms with E-state index in [1.54, 1.807) is 0 Å².